The molecule has 6 nitrogen and oxygen atoms in total. The largest absolute Gasteiger partial charge is 0.342 e. The monoisotopic (exact) mass is 437 g/mol. The van der Waals surface area contributed by atoms with Crippen molar-refractivity contribution in [2.45, 2.75) is 50.4 Å². The molecule has 1 atom stereocenters. The van der Waals surface area contributed by atoms with Gasteiger partial charge in [0.05, 0.1) is 0 Å². The number of amides is 1. The summed E-state index contributed by atoms with van der Waals surface area (Å²) in [5.74, 6) is 6.99. The van der Waals surface area contributed by atoms with Crippen LogP contribution in [0.1, 0.15) is 51.0 Å². The molecule has 0 fully saturated rings. The van der Waals surface area contributed by atoms with Crippen molar-refractivity contribution in [3.05, 3.63) is 65.7 Å². The molecule has 0 aliphatic heterocycles. The molecule has 0 bridgehead atoms. The Bertz CT molecular complexity index is 1000. The van der Waals surface area contributed by atoms with E-state index < -0.39 is 5.25 Å². The smallest absolute Gasteiger partial charge is 0.240 e. The Hall–Kier alpha value is -2.80. The lowest BCUT2D eigenvalue weighted by molar-refractivity contribution is -0.130. The molecule has 31 heavy (non-hydrogen) atoms. The average molecular weight is 438 g/mol. The number of carbonyl (C=O) groups is 1. The first-order valence-electron chi connectivity index (χ1n) is 10.6. The molecule has 0 saturated carbocycles. The van der Waals surface area contributed by atoms with Crippen molar-refractivity contribution in [3.8, 4) is 11.4 Å². The van der Waals surface area contributed by atoms with E-state index in [2.05, 4.69) is 43.1 Å². The van der Waals surface area contributed by atoms with Crippen LogP contribution in [0.4, 0.5) is 0 Å². The highest BCUT2D eigenvalue weighted by molar-refractivity contribution is 8.00. The average Bonchev–Trinajstić information content (AvgIpc) is 3.13. The lowest BCUT2D eigenvalue weighted by Crippen LogP contribution is -2.34. The van der Waals surface area contributed by atoms with Gasteiger partial charge >= 0.3 is 0 Å². The van der Waals surface area contributed by atoms with Crippen LogP contribution >= 0.6 is 11.8 Å². The summed E-state index contributed by atoms with van der Waals surface area (Å²) < 4.78 is 1.47. The third kappa shape index (κ3) is 5.10. The van der Waals surface area contributed by atoms with Crippen LogP contribution in [0.15, 0.2) is 59.8 Å². The van der Waals surface area contributed by atoms with Crippen molar-refractivity contribution in [2.24, 2.45) is 0 Å². The highest BCUT2D eigenvalue weighted by atomic mass is 32.2. The Morgan fingerprint density at radius 3 is 2.19 bits per heavy atom. The van der Waals surface area contributed by atoms with Crippen molar-refractivity contribution in [1.82, 2.24) is 19.8 Å². The van der Waals surface area contributed by atoms with E-state index in [1.165, 1.54) is 22.0 Å². The van der Waals surface area contributed by atoms with Gasteiger partial charge in [-0.05, 0) is 30.4 Å². The van der Waals surface area contributed by atoms with Gasteiger partial charge in [-0.1, -0.05) is 87.1 Å². The van der Waals surface area contributed by atoms with Crippen LogP contribution < -0.4 is 5.84 Å². The fourth-order valence-electron chi connectivity index (χ4n) is 3.37. The third-order valence-electron chi connectivity index (χ3n) is 5.30. The molecule has 0 aliphatic rings. The molecular weight excluding hydrogens is 406 g/mol. The van der Waals surface area contributed by atoms with E-state index in [-0.39, 0.29) is 11.3 Å². The molecule has 1 aromatic heterocycles. The van der Waals surface area contributed by atoms with E-state index in [1.807, 2.05) is 61.2 Å². The molecule has 0 aliphatic carbocycles. The predicted molar refractivity (Wildman–Crippen MR) is 127 cm³/mol. The molecule has 164 valence electrons. The minimum atomic E-state index is -0.441. The van der Waals surface area contributed by atoms with Crippen molar-refractivity contribution in [1.29, 1.82) is 0 Å². The number of hydrogen-bond donors (Lipinski definition) is 1. The van der Waals surface area contributed by atoms with Gasteiger partial charge in [-0.15, -0.1) is 10.2 Å². The first kappa shape index (κ1) is 22.9. The van der Waals surface area contributed by atoms with Gasteiger partial charge in [0.1, 0.15) is 5.25 Å². The van der Waals surface area contributed by atoms with Gasteiger partial charge in [0.25, 0.3) is 0 Å². The van der Waals surface area contributed by atoms with Crippen LogP contribution in [0.2, 0.25) is 0 Å². The Morgan fingerprint density at radius 2 is 1.65 bits per heavy atom. The van der Waals surface area contributed by atoms with E-state index in [0.29, 0.717) is 24.1 Å². The van der Waals surface area contributed by atoms with Gasteiger partial charge in [0.2, 0.25) is 11.1 Å². The van der Waals surface area contributed by atoms with Crippen molar-refractivity contribution < 1.29 is 4.79 Å². The van der Waals surface area contributed by atoms with E-state index in [9.17, 15) is 4.79 Å². The molecule has 1 heterocycles. The van der Waals surface area contributed by atoms with E-state index in [1.54, 1.807) is 0 Å². The van der Waals surface area contributed by atoms with Crippen molar-refractivity contribution >= 4 is 17.7 Å². The number of nitrogen functional groups attached to an aromatic ring is 1. The van der Waals surface area contributed by atoms with Gasteiger partial charge < -0.3 is 10.7 Å². The highest BCUT2D eigenvalue weighted by Gasteiger charge is 2.28. The topological polar surface area (TPSA) is 77.0 Å². The second-order valence-corrected chi connectivity index (χ2v) is 9.49. The first-order valence-corrected chi connectivity index (χ1v) is 11.5. The second kappa shape index (κ2) is 9.56. The minimum Gasteiger partial charge on any atom is -0.342 e. The Kier molecular flexibility index (Phi) is 7.05. The fourth-order valence-corrected chi connectivity index (χ4v) is 4.41. The SMILES string of the molecule is CCN(CC)C(=O)[C@H](Sc1nnc(-c2ccc(C(C)(C)C)cc2)n1N)c1ccccc1. The molecule has 0 spiro atoms. The number of aromatic nitrogens is 3. The summed E-state index contributed by atoms with van der Waals surface area (Å²) in [6.07, 6.45) is 0. The number of nitrogens with two attached hydrogens (primary N) is 1. The molecule has 3 rings (SSSR count). The van der Waals surface area contributed by atoms with Gasteiger partial charge in [-0.25, -0.2) is 4.68 Å². The number of thioether (sulfide) groups is 1. The van der Waals surface area contributed by atoms with Crippen LogP contribution in [0, 0.1) is 0 Å². The molecule has 1 amide bonds. The van der Waals surface area contributed by atoms with Crippen LogP contribution in [0.5, 0.6) is 0 Å². The summed E-state index contributed by atoms with van der Waals surface area (Å²) in [5, 5.41) is 8.68. The maximum Gasteiger partial charge on any atom is 0.240 e. The molecule has 2 N–H and O–H groups in total. The number of hydrogen-bond acceptors (Lipinski definition) is 5. The lowest BCUT2D eigenvalue weighted by Gasteiger charge is -2.24. The zero-order valence-corrected chi connectivity index (χ0v) is 19.7. The molecule has 3 aromatic rings. The number of rotatable bonds is 7. The maximum atomic E-state index is 13.2. The Labute approximate surface area is 188 Å². The van der Waals surface area contributed by atoms with Gasteiger partial charge in [0, 0.05) is 18.7 Å². The number of nitrogens with zero attached hydrogens (tertiary/aromatic N) is 4. The molecule has 0 radical (unpaired) electrons. The zero-order chi connectivity index (χ0) is 22.6. The van der Waals surface area contributed by atoms with Crippen molar-refractivity contribution in [2.75, 3.05) is 18.9 Å². The highest BCUT2D eigenvalue weighted by Crippen LogP contribution is 2.36. The summed E-state index contributed by atoms with van der Waals surface area (Å²) >= 11 is 1.33. The quantitative estimate of drug-likeness (QED) is 0.430. The summed E-state index contributed by atoms with van der Waals surface area (Å²) in [4.78, 5) is 15.1. The molecule has 7 heteroatoms. The van der Waals surface area contributed by atoms with Crippen LogP contribution in [-0.4, -0.2) is 38.8 Å². The molecule has 2 aromatic carbocycles. The number of likely N-dealkylation sites (N-methyl/N-ethyl adjacent to an activating group) is 1. The van der Waals surface area contributed by atoms with Crippen LogP contribution in [0.25, 0.3) is 11.4 Å². The number of carbonyl (C=O) groups excluding carboxylic acids is 1. The predicted octanol–water partition coefficient (Wildman–Crippen LogP) is 4.66. The van der Waals surface area contributed by atoms with Crippen molar-refractivity contribution in [3.63, 3.8) is 0 Å². The zero-order valence-electron chi connectivity index (χ0n) is 18.9. The summed E-state index contributed by atoms with van der Waals surface area (Å²) in [7, 11) is 0. The Morgan fingerprint density at radius 1 is 1.03 bits per heavy atom. The third-order valence-corrected chi connectivity index (χ3v) is 6.50. The normalized spacial score (nSPS) is 12.5. The van der Waals surface area contributed by atoms with E-state index >= 15 is 0 Å². The summed E-state index contributed by atoms with van der Waals surface area (Å²) in [5.41, 5.74) is 3.12. The van der Waals surface area contributed by atoms with Gasteiger partial charge in [0.15, 0.2) is 5.82 Å². The lowest BCUT2D eigenvalue weighted by atomic mass is 9.87. The minimum absolute atomic E-state index is 0.0419. The van der Waals surface area contributed by atoms with Crippen LogP contribution in [0.3, 0.4) is 0 Å². The van der Waals surface area contributed by atoms with Gasteiger partial charge in [-0.3, -0.25) is 4.79 Å². The summed E-state index contributed by atoms with van der Waals surface area (Å²) in [6, 6.07) is 17.9. The fraction of sp³-hybridized carbons (Fsp3) is 0.375. The molecular formula is C24H31N5OS. The van der Waals surface area contributed by atoms with Crippen LogP contribution in [-0.2, 0) is 10.2 Å². The van der Waals surface area contributed by atoms with E-state index in [4.69, 9.17) is 5.84 Å². The second-order valence-electron chi connectivity index (χ2n) is 8.42. The standard InChI is InChI=1S/C24H31N5OS/c1-6-28(7-2)22(30)20(17-11-9-8-10-12-17)31-23-27-26-21(29(23)25)18-13-15-19(16-14-18)24(3,4)5/h8-16,20H,6-7,25H2,1-5H3/t20-/m1/s1. The molecule has 0 unspecified atom stereocenters. The maximum absolute atomic E-state index is 13.2. The summed E-state index contributed by atoms with van der Waals surface area (Å²) in [6.45, 7) is 11.8. The molecule has 0 saturated heterocycles. The van der Waals surface area contributed by atoms with E-state index in [0.717, 1.165) is 11.1 Å². The first-order chi connectivity index (χ1) is 14.8. The van der Waals surface area contributed by atoms with Gasteiger partial charge in [-0.2, -0.15) is 0 Å². The Balaban J connectivity index is 1.91. The number of benzene rings is 2.